The number of nitrogens with zero attached hydrogens (tertiary/aromatic N) is 1. The number of sulfonamides is 2. The topological polar surface area (TPSA) is 97.3 Å². The number of benzene rings is 3. The van der Waals surface area contributed by atoms with E-state index in [0.29, 0.717) is 5.69 Å². The maximum absolute atomic E-state index is 13.4. The molecule has 0 fully saturated rings. The molecule has 0 saturated heterocycles. The Morgan fingerprint density at radius 1 is 0.618 bits per heavy atom. The highest BCUT2D eigenvalue weighted by atomic mass is 32.2. The van der Waals surface area contributed by atoms with Crippen molar-refractivity contribution in [3.63, 3.8) is 0 Å². The molecular formula is C24H22FN3O4S2. The van der Waals surface area contributed by atoms with Crippen LogP contribution in [0.15, 0.2) is 95.0 Å². The fourth-order valence-corrected chi connectivity index (χ4v) is 5.35. The third kappa shape index (κ3) is 5.13. The minimum absolute atomic E-state index is 0.0144. The largest absolute Gasteiger partial charge is 0.320 e. The summed E-state index contributed by atoms with van der Waals surface area (Å²) < 4.78 is 71.7. The summed E-state index contributed by atoms with van der Waals surface area (Å²) in [4.78, 5) is 0.0555. The smallest absolute Gasteiger partial charge is 0.262 e. The highest BCUT2D eigenvalue weighted by Gasteiger charge is 2.22. The van der Waals surface area contributed by atoms with E-state index in [1.54, 1.807) is 24.3 Å². The van der Waals surface area contributed by atoms with Crippen LogP contribution in [-0.4, -0.2) is 21.4 Å². The lowest BCUT2D eigenvalue weighted by Crippen LogP contribution is -2.16. The van der Waals surface area contributed by atoms with Gasteiger partial charge in [-0.2, -0.15) is 0 Å². The van der Waals surface area contributed by atoms with Crippen molar-refractivity contribution < 1.29 is 21.2 Å². The van der Waals surface area contributed by atoms with Crippen LogP contribution >= 0.6 is 0 Å². The van der Waals surface area contributed by atoms with Gasteiger partial charge in [0.15, 0.2) is 0 Å². The Hall–Kier alpha value is -3.63. The van der Waals surface area contributed by atoms with Gasteiger partial charge in [0.25, 0.3) is 20.0 Å². The zero-order valence-corrected chi connectivity index (χ0v) is 20.0. The summed E-state index contributed by atoms with van der Waals surface area (Å²) in [7, 11) is -8.02. The number of halogens is 1. The molecule has 0 aliphatic rings. The third-order valence-electron chi connectivity index (χ3n) is 5.10. The summed E-state index contributed by atoms with van der Waals surface area (Å²) >= 11 is 0. The fraction of sp³-hybridized carbons (Fsp3) is 0.0833. The van der Waals surface area contributed by atoms with Gasteiger partial charge in [0.2, 0.25) is 0 Å². The molecule has 34 heavy (non-hydrogen) atoms. The Balaban J connectivity index is 1.75. The van der Waals surface area contributed by atoms with Crippen molar-refractivity contribution in [2.75, 3.05) is 9.44 Å². The van der Waals surface area contributed by atoms with Crippen LogP contribution in [0.5, 0.6) is 0 Å². The van der Waals surface area contributed by atoms with Gasteiger partial charge in [-0.05, 0) is 62.4 Å². The normalized spacial score (nSPS) is 11.9. The van der Waals surface area contributed by atoms with Gasteiger partial charge in [-0.3, -0.25) is 9.44 Å². The van der Waals surface area contributed by atoms with Crippen molar-refractivity contribution in [1.82, 2.24) is 4.57 Å². The van der Waals surface area contributed by atoms with Gasteiger partial charge in [-0.1, -0.05) is 35.4 Å². The molecule has 1 aromatic heterocycles. The van der Waals surface area contributed by atoms with Crippen LogP contribution in [0.4, 0.5) is 15.8 Å². The van der Waals surface area contributed by atoms with E-state index in [2.05, 4.69) is 9.44 Å². The summed E-state index contributed by atoms with van der Waals surface area (Å²) in [5, 5.41) is 0. The van der Waals surface area contributed by atoms with Crippen LogP contribution in [0.3, 0.4) is 0 Å². The van der Waals surface area contributed by atoms with Gasteiger partial charge in [-0.15, -0.1) is 0 Å². The molecule has 4 aromatic rings. The molecule has 176 valence electrons. The first-order valence-electron chi connectivity index (χ1n) is 10.2. The Kier molecular flexibility index (Phi) is 6.20. The first-order chi connectivity index (χ1) is 16.0. The maximum atomic E-state index is 13.4. The summed E-state index contributed by atoms with van der Waals surface area (Å²) in [6.07, 6.45) is 2.85. The Morgan fingerprint density at radius 3 is 1.38 bits per heavy atom. The van der Waals surface area contributed by atoms with E-state index >= 15 is 0 Å². The Morgan fingerprint density at radius 2 is 1.00 bits per heavy atom. The van der Waals surface area contributed by atoms with E-state index in [9.17, 15) is 21.2 Å². The predicted octanol–water partition coefficient (Wildman–Crippen LogP) is 4.83. The Bertz CT molecular complexity index is 1430. The van der Waals surface area contributed by atoms with E-state index in [-0.39, 0.29) is 21.2 Å². The zero-order chi connectivity index (χ0) is 24.5. The van der Waals surface area contributed by atoms with Gasteiger partial charge < -0.3 is 4.57 Å². The second-order valence-electron chi connectivity index (χ2n) is 7.81. The average molecular weight is 500 g/mol. The first kappa shape index (κ1) is 23.5. The fourth-order valence-electron chi connectivity index (χ4n) is 3.22. The van der Waals surface area contributed by atoms with Gasteiger partial charge >= 0.3 is 0 Å². The van der Waals surface area contributed by atoms with E-state index in [1.807, 2.05) is 13.8 Å². The number of hydrogen-bond acceptors (Lipinski definition) is 4. The van der Waals surface area contributed by atoms with Crippen LogP contribution in [0.25, 0.3) is 5.69 Å². The lowest BCUT2D eigenvalue weighted by Gasteiger charge is -2.11. The van der Waals surface area contributed by atoms with Crippen molar-refractivity contribution in [1.29, 1.82) is 0 Å². The number of nitrogens with one attached hydrogen (secondary N) is 2. The molecule has 10 heteroatoms. The minimum Gasteiger partial charge on any atom is -0.320 e. The number of hydrogen-bond donors (Lipinski definition) is 2. The third-order valence-corrected chi connectivity index (χ3v) is 7.87. The number of rotatable bonds is 7. The highest BCUT2D eigenvalue weighted by Crippen LogP contribution is 2.30. The van der Waals surface area contributed by atoms with Crippen LogP contribution in [0.1, 0.15) is 11.1 Å². The number of aryl methyl sites for hydroxylation is 2. The van der Waals surface area contributed by atoms with Gasteiger partial charge in [0.1, 0.15) is 5.82 Å². The molecule has 0 atom stereocenters. The summed E-state index contributed by atoms with van der Waals surface area (Å²) in [5.74, 6) is -0.434. The number of aromatic nitrogens is 1. The molecule has 2 N–H and O–H groups in total. The van der Waals surface area contributed by atoms with Crippen LogP contribution in [-0.2, 0) is 20.0 Å². The van der Waals surface area contributed by atoms with Crippen molar-refractivity contribution in [2.45, 2.75) is 23.6 Å². The molecule has 3 aromatic carbocycles. The zero-order valence-electron chi connectivity index (χ0n) is 18.4. The van der Waals surface area contributed by atoms with Gasteiger partial charge in [0.05, 0.1) is 21.2 Å². The quantitative estimate of drug-likeness (QED) is 0.380. The molecule has 0 bridgehead atoms. The summed E-state index contributed by atoms with van der Waals surface area (Å²) in [6, 6.07) is 18.0. The molecule has 0 unspecified atom stereocenters. The molecule has 0 radical (unpaired) electrons. The minimum atomic E-state index is -4.01. The first-order valence-corrected chi connectivity index (χ1v) is 13.2. The van der Waals surface area contributed by atoms with Crippen molar-refractivity contribution in [3.8, 4) is 5.69 Å². The second kappa shape index (κ2) is 8.96. The van der Waals surface area contributed by atoms with Crippen molar-refractivity contribution in [2.24, 2.45) is 0 Å². The molecule has 0 aliphatic carbocycles. The highest BCUT2D eigenvalue weighted by molar-refractivity contribution is 7.93. The molecular weight excluding hydrogens is 477 g/mol. The van der Waals surface area contributed by atoms with Crippen molar-refractivity contribution >= 4 is 31.4 Å². The molecule has 7 nitrogen and oxygen atoms in total. The van der Waals surface area contributed by atoms with E-state index < -0.39 is 25.9 Å². The maximum Gasteiger partial charge on any atom is 0.262 e. The monoisotopic (exact) mass is 499 g/mol. The van der Waals surface area contributed by atoms with Crippen LogP contribution < -0.4 is 9.44 Å². The van der Waals surface area contributed by atoms with E-state index in [0.717, 1.165) is 11.1 Å². The van der Waals surface area contributed by atoms with Gasteiger partial charge in [-0.25, -0.2) is 21.2 Å². The molecule has 4 rings (SSSR count). The molecule has 1 heterocycles. The SMILES string of the molecule is Cc1ccc(S(=O)(=O)Nc2cn(-c3ccc(F)cc3)cc2NS(=O)(=O)c2ccc(C)cc2)cc1. The van der Waals surface area contributed by atoms with Gasteiger partial charge in [0, 0.05) is 18.1 Å². The molecule has 0 spiro atoms. The predicted molar refractivity (Wildman–Crippen MR) is 130 cm³/mol. The lowest BCUT2D eigenvalue weighted by atomic mass is 10.2. The molecule has 0 saturated carbocycles. The van der Waals surface area contributed by atoms with E-state index in [1.165, 1.54) is 65.5 Å². The van der Waals surface area contributed by atoms with Crippen molar-refractivity contribution in [3.05, 3.63) is 102 Å². The van der Waals surface area contributed by atoms with Crippen LogP contribution in [0.2, 0.25) is 0 Å². The Labute approximate surface area is 198 Å². The second-order valence-corrected chi connectivity index (χ2v) is 11.2. The molecule has 0 aliphatic heterocycles. The lowest BCUT2D eigenvalue weighted by molar-refractivity contribution is 0.599. The number of anilines is 2. The molecule has 0 amide bonds. The average Bonchev–Trinajstić information content (AvgIpc) is 3.15. The standard InChI is InChI=1S/C24H22FN3O4S2/c1-17-3-11-21(12-4-17)33(29,30)26-23-15-28(20-9-7-19(25)8-10-20)16-24(23)27-34(31,32)22-13-5-18(2)6-14-22/h3-16,26-27H,1-2H3. The summed E-state index contributed by atoms with van der Waals surface area (Å²) in [5.41, 5.74) is 2.33. The summed E-state index contributed by atoms with van der Waals surface area (Å²) in [6.45, 7) is 3.68. The van der Waals surface area contributed by atoms with Crippen LogP contribution in [0, 0.1) is 19.7 Å². The van der Waals surface area contributed by atoms with E-state index in [4.69, 9.17) is 0 Å².